The van der Waals surface area contributed by atoms with E-state index in [0.717, 1.165) is 46.8 Å². The zero-order chi connectivity index (χ0) is 21.1. The van der Waals surface area contributed by atoms with Gasteiger partial charge in [-0.2, -0.15) is 0 Å². The molecule has 2 aromatic heterocycles. The lowest BCUT2D eigenvalue weighted by Gasteiger charge is -2.10. The first-order valence-corrected chi connectivity index (χ1v) is 12.1. The van der Waals surface area contributed by atoms with Crippen molar-refractivity contribution >= 4 is 92.6 Å². The van der Waals surface area contributed by atoms with Crippen molar-refractivity contribution in [3.8, 4) is 0 Å². The average Bonchev–Trinajstić information content (AvgIpc) is 3.46. The molecule has 5 aromatic rings. The van der Waals surface area contributed by atoms with Crippen LogP contribution < -0.4 is 4.99 Å². The van der Waals surface area contributed by atoms with Crippen LogP contribution in [0.4, 0.5) is 5.69 Å². The van der Waals surface area contributed by atoms with Crippen LogP contribution in [-0.2, 0) is 0 Å². The van der Waals surface area contributed by atoms with Gasteiger partial charge in [0.25, 0.3) is 0 Å². The minimum atomic E-state index is 1.06. The third-order valence-corrected chi connectivity index (χ3v) is 7.22. The second-order valence-corrected chi connectivity index (χ2v) is 10.3. The zero-order valence-electron chi connectivity index (χ0n) is 16.1. The third-order valence-electron chi connectivity index (χ3n) is 5.74. The molecule has 150 valence electrons. The molecule has 1 aliphatic rings. The van der Waals surface area contributed by atoms with Crippen LogP contribution in [-0.4, -0.2) is 16.2 Å². The summed E-state index contributed by atoms with van der Waals surface area (Å²) in [5, 5.41) is 2.36. The molecule has 0 radical (unpaired) electrons. The van der Waals surface area contributed by atoms with Crippen molar-refractivity contribution in [2.75, 3.05) is 0 Å². The number of aromatic nitrogens is 2. The van der Waals surface area contributed by atoms with Crippen molar-refractivity contribution in [1.29, 1.82) is 0 Å². The molecule has 0 saturated heterocycles. The standard InChI is InChI=1S/C25H14Br3N3/c26-13-1-4-22-16(7-13)19(10-29-22)25(20-11-30-23-5-2-14(27)8-17(20)23)21-12-31-24-6-3-15(28)9-18(21)24/h1-12,29-30H/p+1. The van der Waals surface area contributed by atoms with E-state index in [4.69, 9.17) is 0 Å². The first kappa shape index (κ1) is 19.3. The Hall–Kier alpha value is -2.41. The van der Waals surface area contributed by atoms with E-state index < -0.39 is 0 Å². The normalized spacial score (nSPS) is 12.8. The van der Waals surface area contributed by atoms with E-state index in [2.05, 4.69) is 136 Å². The molecular weight excluding hydrogens is 582 g/mol. The van der Waals surface area contributed by atoms with Gasteiger partial charge in [-0.3, -0.25) is 0 Å². The van der Waals surface area contributed by atoms with E-state index in [9.17, 15) is 0 Å². The Balaban J connectivity index is 1.74. The summed E-state index contributed by atoms with van der Waals surface area (Å²) in [5.74, 6) is 0. The van der Waals surface area contributed by atoms with Crippen LogP contribution in [0.1, 0.15) is 16.7 Å². The van der Waals surface area contributed by atoms with Gasteiger partial charge in [0.1, 0.15) is 0 Å². The van der Waals surface area contributed by atoms with Crippen LogP contribution in [0.5, 0.6) is 0 Å². The molecule has 1 aliphatic heterocycles. The number of nitrogens with one attached hydrogen (secondary N) is 3. The van der Waals surface area contributed by atoms with Crippen molar-refractivity contribution in [2.24, 2.45) is 0 Å². The highest BCUT2D eigenvalue weighted by Gasteiger charge is 2.27. The van der Waals surface area contributed by atoms with Crippen LogP contribution in [0.25, 0.3) is 33.0 Å². The number of hydrogen-bond acceptors (Lipinski definition) is 0. The van der Waals surface area contributed by atoms with Crippen LogP contribution in [0.3, 0.4) is 0 Å². The predicted molar refractivity (Wildman–Crippen MR) is 139 cm³/mol. The maximum Gasteiger partial charge on any atom is 0.211 e. The summed E-state index contributed by atoms with van der Waals surface area (Å²) >= 11 is 10.9. The summed E-state index contributed by atoms with van der Waals surface area (Å²) in [7, 11) is 0. The first-order valence-electron chi connectivity index (χ1n) is 9.76. The van der Waals surface area contributed by atoms with Gasteiger partial charge in [-0.05, 0) is 48.5 Å². The second kappa shape index (κ2) is 7.33. The Morgan fingerprint density at radius 2 is 1.23 bits per heavy atom. The van der Waals surface area contributed by atoms with Crippen LogP contribution in [0.15, 0.2) is 80.4 Å². The molecule has 6 heteroatoms. The maximum absolute atomic E-state index is 3.65. The van der Waals surface area contributed by atoms with E-state index in [1.54, 1.807) is 0 Å². The second-order valence-electron chi connectivity index (χ2n) is 7.55. The lowest BCUT2D eigenvalue weighted by atomic mass is 9.90. The summed E-state index contributed by atoms with van der Waals surface area (Å²) in [6.07, 6.45) is 6.33. The van der Waals surface area contributed by atoms with Crippen molar-refractivity contribution in [1.82, 2.24) is 9.97 Å². The fourth-order valence-corrected chi connectivity index (χ4v) is 5.42. The van der Waals surface area contributed by atoms with Gasteiger partial charge in [0, 0.05) is 70.4 Å². The van der Waals surface area contributed by atoms with Gasteiger partial charge in [0.2, 0.25) is 5.69 Å². The molecule has 0 saturated carbocycles. The molecule has 0 fully saturated rings. The van der Waals surface area contributed by atoms with Gasteiger partial charge < -0.3 is 9.97 Å². The minimum absolute atomic E-state index is 1.06. The lowest BCUT2D eigenvalue weighted by molar-refractivity contribution is -0.342. The SMILES string of the molecule is Brc1ccc2c(c1)C(=C(c1c[nH]c3ccc(Br)cc13)c1c[nH]c3ccc(Br)cc13)C=[NH+]2. The summed E-state index contributed by atoms with van der Waals surface area (Å²) in [5.41, 5.74) is 9.18. The van der Waals surface area contributed by atoms with Crippen molar-refractivity contribution in [3.05, 3.63) is 97.1 Å². The van der Waals surface area contributed by atoms with Crippen molar-refractivity contribution in [3.63, 3.8) is 0 Å². The topological polar surface area (TPSA) is 45.5 Å². The molecule has 6 rings (SSSR count). The van der Waals surface area contributed by atoms with Crippen molar-refractivity contribution in [2.45, 2.75) is 0 Å². The van der Waals surface area contributed by atoms with Crippen LogP contribution in [0, 0.1) is 0 Å². The molecule has 0 unspecified atom stereocenters. The number of benzene rings is 3. The molecule has 0 aliphatic carbocycles. The first-order chi connectivity index (χ1) is 15.1. The van der Waals surface area contributed by atoms with Gasteiger partial charge in [0.15, 0.2) is 6.21 Å². The monoisotopic (exact) mass is 594 g/mol. The quantitative estimate of drug-likeness (QED) is 0.203. The van der Waals surface area contributed by atoms with Gasteiger partial charge in [0.05, 0.1) is 11.1 Å². The van der Waals surface area contributed by atoms with E-state index >= 15 is 0 Å². The number of H-pyrrole nitrogens is 2. The largest absolute Gasteiger partial charge is 0.361 e. The van der Waals surface area contributed by atoms with Crippen LogP contribution >= 0.6 is 47.8 Å². The third kappa shape index (κ3) is 3.16. The molecular formula is C25H15Br3N3+. The predicted octanol–water partition coefficient (Wildman–Crippen LogP) is 6.69. The summed E-state index contributed by atoms with van der Waals surface area (Å²) in [6, 6.07) is 19.0. The van der Waals surface area contributed by atoms with Gasteiger partial charge in [-0.25, -0.2) is 4.99 Å². The molecule has 0 atom stereocenters. The summed E-state index contributed by atoms with van der Waals surface area (Å²) < 4.78 is 3.18. The fraction of sp³-hybridized carbons (Fsp3) is 0. The number of allylic oxidation sites excluding steroid dienone is 1. The number of rotatable bonds is 2. The zero-order valence-corrected chi connectivity index (χ0v) is 20.8. The minimum Gasteiger partial charge on any atom is -0.361 e. The molecule has 0 amide bonds. The molecule has 3 heterocycles. The molecule has 3 nitrogen and oxygen atoms in total. The highest BCUT2D eigenvalue weighted by molar-refractivity contribution is 9.11. The van der Waals surface area contributed by atoms with Crippen molar-refractivity contribution < 1.29 is 4.99 Å². The maximum atomic E-state index is 3.65. The Morgan fingerprint density at radius 3 is 1.84 bits per heavy atom. The van der Waals surface area contributed by atoms with Gasteiger partial charge >= 0.3 is 0 Å². The molecule has 3 N–H and O–H groups in total. The molecule has 0 spiro atoms. The van der Waals surface area contributed by atoms with E-state index in [1.807, 2.05) is 0 Å². The van der Waals surface area contributed by atoms with E-state index in [1.165, 1.54) is 21.9 Å². The fourth-order valence-electron chi connectivity index (χ4n) is 4.33. The summed E-state index contributed by atoms with van der Waals surface area (Å²) in [6.45, 7) is 0. The molecule has 0 bridgehead atoms. The highest BCUT2D eigenvalue weighted by Crippen LogP contribution is 2.41. The number of halogens is 3. The smallest absolute Gasteiger partial charge is 0.211 e. The Labute approximate surface area is 203 Å². The highest BCUT2D eigenvalue weighted by atomic mass is 79.9. The van der Waals surface area contributed by atoms with Gasteiger partial charge in [-0.1, -0.05) is 47.8 Å². The Morgan fingerprint density at radius 1 is 0.677 bits per heavy atom. The summed E-state index contributed by atoms with van der Waals surface area (Å²) in [4.78, 5) is 10.4. The van der Waals surface area contributed by atoms with Crippen LogP contribution in [0.2, 0.25) is 0 Å². The Kier molecular flexibility index (Phi) is 4.56. The lowest BCUT2D eigenvalue weighted by Crippen LogP contribution is -2.58. The number of hydrogen-bond donors (Lipinski definition) is 3. The van der Waals surface area contributed by atoms with E-state index in [-0.39, 0.29) is 0 Å². The van der Waals surface area contributed by atoms with Gasteiger partial charge in [-0.15, -0.1) is 0 Å². The van der Waals surface area contributed by atoms with E-state index in [0.29, 0.717) is 0 Å². The molecule has 31 heavy (non-hydrogen) atoms. The number of aromatic amines is 2. The number of fused-ring (bicyclic) bond motifs is 3. The Bertz CT molecular complexity index is 1490. The average molecular weight is 597 g/mol. The molecule has 3 aromatic carbocycles.